The number of nitrogens with zero attached hydrogens (tertiary/aromatic N) is 2. The lowest BCUT2D eigenvalue weighted by atomic mass is 10.0. The molecule has 1 N–H and O–H groups in total. The van der Waals surface area contributed by atoms with Crippen LogP contribution >= 0.6 is 11.5 Å². The molecule has 0 aliphatic rings. The van der Waals surface area contributed by atoms with Gasteiger partial charge in [0.15, 0.2) is 0 Å². The van der Waals surface area contributed by atoms with Gasteiger partial charge in [0.2, 0.25) is 0 Å². The van der Waals surface area contributed by atoms with Crippen molar-refractivity contribution < 1.29 is 4.39 Å². The molecule has 16 heavy (non-hydrogen) atoms. The van der Waals surface area contributed by atoms with Gasteiger partial charge in [0.05, 0.1) is 16.6 Å². The highest BCUT2D eigenvalue weighted by molar-refractivity contribution is 7.05. The van der Waals surface area contributed by atoms with Crippen LogP contribution in [0.2, 0.25) is 0 Å². The number of rotatable bonds is 3. The van der Waals surface area contributed by atoms with Crippen molar-refractivity contribution in [2.24, 2.45) is 0 Å². The normalized spacial score (nSPS) is 12.7. The Bertz CT molecular complexity index is 484. The first-order chi connectivity index (χ1) is 7.74. The monoisotopic (exact) mass is 237 g/mol. The molecule has 1 unspecified atom stereocenters. The largest absolute Gasteiger partial charge is 0.308 e. The van der Waals surface area contributed by atoms with Crippen LogP contribution in [-0.4, -0.2) is 16.6 Å². The molecule has 3 nitrogen and oxygen atoms in total. The molecular formula is C11H12FN3S. The van der Waals surface area contributed by atoms with Gasteiger partial charge in [0, 0.05) is 5.56 Å². The van der Waals surface area contributed by atoms with E-state index >= 15 is 0 Å². The molecule has 0 spiro atoms. The Labute approximate surface area is 97.5 Å². The lowest BCUT2D eigenvalue weighted by molar-refractivity contribution is 0.578. The first kappa shape index (κ1) is 11.2. The van der Waals surface area contributed by atoms with Crippen molar-refractivity contribution in [2.75, 3.05) is 7.05 Å². The smallest absolute Gasteiger partial charge is 0.128 e. The zero-order chi connectivity index (χ0) is 11.5. The summed E-state index contributed by atoms with van der Waals surface area (Å²) in [5.41, 5.74) is 1.46. The van der Waals surface area contributed by atoms with Gasteiger partial charge in [-0.15, -0.1) is 5.10 Å². The second-order valence-electron chi connectivity index (χ2n) is 3.47. The fourth-order valence-corrected chi connectivity index (χ4v) is 2.41. The predicted octanol–water partition coefficient (Wildman–Crippen LogP) is 2.29. The fourth-order valence-electron chi connectivity index (χ4n) is 1.64. The molecule has 1 aromatic carbocycles. The molecule has 0 aliphatic carbocycles. The van der Waals surface area contributed by atoms with Gasteiger partial charge >= 0.3 is 0 Å². The lowest BCUT2D eigenvalue weighted by Gasteiger charge is -2.15. The summed E-state index contributed by atoms with van der Waals surface area (Å²) in [6.07, 6.45) is 0. The molecule has 0 bridgehead atoms. The Morgan fingerprint density at radius 2 is 2.12 bits per heavy atom. The summed E-state index contributed by atoms with van der Waals surface area (Å²) < 4.78 is 17.5. The molecule has 1 atom stereocenters. The molecule has 84 valence electrons. The van der Waals surface area contributed by atoms with Crippen molar-refractivity contribution >= 4 is 11.5 Å². The van der Waals surface area contributed by atoms with Gasteiger partial charge in [-0.25, -0.2) is 4.39 Å². The molecule has 1 heterocycles. The van der Waals surface area contributed by atoms with E-state index in [1.807, 2.05) is 13.0 Å². The summed E-state index contributed by atoms with van der Waals surface area (Å²) in [5, 5.41) is 7.04. The highest BCUT2D eigenvalue weighted by Crippen LogP contribution is 2.27. The van der Waals surface area contributed by atoms with Crippen LogP contribution in [0.1, 0.15) is 22.2 Å². The summed E-state index contributed by atoms with van der Waals surface area (Å²) in [5.74, 6) is -0.213. The van der Waals surface area contributed by atoms with Crippen molar-refractivity contribution in [2.45, 2.75) is 13.0 Å². The molecule has 2 aromatic rings. The molecule has 1 aromatic heterocycles. The van der Waals surface area contributed by atoms with Gasteiger partial charge < -0.3 is 5.32 Å². The van der Waals surface area contributed by atoms with E-state index in [9.17, 15) is 4.39 Å². The zero-order valence-electron chi connectivity index (χ0n) is 9.07. The van der Waals surface area contributed by atoms with Crippen LogP contribution in [0.3, 0.4) is 0 Å². The first-order valence-corrected chi connectivity index (χ1v) is 5.72. The van der Waals surface area contributed by atoms with Crippen molar-refractivity contribution in [1.29, 1.82) is 0 Å². The number of nitrogens with one attached hydrogen (secondary N) is 1. The highest BCUT2D eigenvalue weighted by Gasteiger charge is 2.20. The number of hydrogen-bond acceptors (Lipinski definition) is 4. The minimum Gasteiger partial charge on any atom is -0.308 e. The van der Waals surface area contributed by atoms with E-state index in [0.29, 0.717) is 5.56 Å². The quantitative estimate of drug-likeness (QED) is 0.890. The standard InChI is InChI=1S/C11H12FN3S/c1-7-11(16-15-14-7)10(13-2)8-5-3-4-6-9(8)12/h3-6,10,13H,1-2H3. The Kier molecular flexibility index (Phi) is 3.26. The van der Waals surface area contributed by atoms with Gasteiger partial charge in [0.1, 0.15) is 5.82 Å². The summed E-state index contributed by atoms with van der Waals surface area (Å²) in [6.45, 7) is 1.88. The molecule has 0 saturated heterocycles. The zero-order valence-corrected chi connectivity index (χ0v) is 9.88. The van der Waals surface area contributed by atoms with Crippen molar-refractivity contribution in [3.8, 4) is 0 Å². The summed E-state index contributed by atoms with van der Waals surface area (Å²) in [4.78, 5) is 0.951. The molecule has 0 saturated carbocycles. The van der Waals surface area contributed by atoms with Gasteiger partial charge in [-0.1, -0.05) is 22.7 Å². The number of benzene rings is 1. The van der Waals surface area contributed by atoms with Crippen LogP contribution in [0.15, 0.2) is 24.3 Å². The lowest BCUT2D eigenvalue weighted by Crippen LogP contribution is -2.18. The van der Waals surface area contributed by atoms with E-state index in [-0.39, 0.29) is 11.9 Å². The van der Waals surface area contributed by atoms with E-state index in [1.165, 1.54) is 17.6 Å². The first-order valence-electron chi connectivity index (χ1n) is 4.94. The van der Waals surface area contributed by atoms with Crippen molar-refractivity contribution in [3.05, 3.63) is 46.2 Å². The molecule has 0 amide bonds. The average molecular weight is 237 g/mol. The Balaban J connectivity index is 2.45. The van der Waals surface area contributed by atoms with Gasteiger partial charge in [0.25, 0.3) is 0 Å². The topological polar surface area (TPSA) is 37.8 Å². The fraction of sp³-hybridized carbons (Fsp3) is 0.273. The minimum atomic E-state index is -0.213. The predicted molar refractivity (Wildman–Crippen MR) is 61.9 cm³/mol. The van der Waals surface area contributed by atoms with E-state index in [2.05, 4.69) is 14.9 Å². The van der Waals surface area contributed by atoms with Crippen molar-refractivity contribution in [1.82, 2.24) is 14.9 Å². The molecule has 0 radical (unpaired) electrons. The second-order valence-corrected chi connectivity index (χ2v) is 4.25. The Hall–Kier alpha value is -1.33. The number of aromatic nitrogens is 2. The van der Waals surface area contributed by atoms with Crippen LogP contribution in [0.25, 0.3) is 0 Å². The summed E-state index contributed by atoms with van der Waals surface area (Å²) in [6, 6.07) is 6.57. The third kappa shape index (κ3) is 1.96. The van der Waals surface area contributed by atoms with Crippen molar-refractivity contribution in [3.63, 3.8) is 0 Å². The third-order valence-electron chi connectivity index (χ3n) is 2.45. The van der Waals surface area contributed by atoms with Crippen LogP contribution < -0.4 is 5.32 Å². The van der Waals surface area contributed by atoms with Gasteiger partial charge in [-0.3, -0.25) is 0 Å². The van der Waals surface area contributed by atoms with Crippen LogP contribution in [0.5, 0.6) is 0 Å². The number of aryl methyl sites for hydroxylation is 1. The maximum Gasteiger partial charge on any atom is 0.128 e. The van der Waals surface area contributed by atoms with Crippen LogP contribution in [0, 0.1) is 12.7 Å². The number of hydrogen-bond donors (Lipinski definition) is 1. The average Bonchev–Trinajstić information content (AvgIpc) is 2.69. The molecule has 0 fully saturated rings. The van der Waals surface area contributed by atoms with E-state index in [4.69, 9.17) is 0 Å². The van der Waals surface area contributed by atoms with Gasteiger partial charge in [-0.2, -0.15) is 0 Å². The third-order valence-corrected chi connectivity index (χ3v) is 3.34. The second kappa shape index (κ2) is 4.67. The summed E-state index contributed by atoms with van der Waals surface area (Å²) in [7, 11) is 1.80. The van der Waals surface area contributed by atoms with Gasteiger partial charge in [-0.05, 0) is 31.6 Å². The molecule has 5 heteroatoms. The van der Waals surface area contributed by atoms with E-state index in [0.717, 1.165) is 10.6 Å². The van der Waals surface area contributed by atoms with E-state index in [1.54, 1.807) is 19.2 Å². The molecule has 2 rings (SSSR count). The van der Waals surface area contributed by atoms with Crippen LogP contribution in [0.4, 0.5) is 4.39 Å². The molecule has 0 aliphatic heterocycles. The number of halogens is 1. The SMILES string of the molecule is CNC(c1ccccc1F)c1snnc1C. The minimum absolute atomic E-state index is 0.179. The maximum absolute atomic E-state index is 13.7. The summed E-state index contributed by atoms with van der Waals surface area (Å²) >= 11 is 1.30. The molecular weight excluding hydrogens is 225 g/mol. The highest BCUT2D eigenvalue weighted by atomic mass is 32.1. The maximum atomic E-state index is 13.7. The van der Waals surface area contributed by atoms with Crippen LogP contribution in [-0.2, 0) is 0 Å². The Morgan fingerprint density at radius 1 is 1.38 bits per heavy atom. The van der Waals surface area contributed by atoms with E-state index < -0.39 is 0 Å². The Morgan fingerprint density at radius 3 is 2.69 bits per heavy atom.